The highest BCUT2D eigenvalue weighted by Gasteiger charge is 2.70. The van der Waals surface area contributed by atoms with E-state index < -0.39 is 5.79 Å². The summed E-state index contributed by atoms with van der Waals surface area (Å²) in [5.41, 5.74) is 3.60. The number of allylic oxidation sites excluding steroid dienone is 1. The highest BCUT2D eigenvalue weighted by Crippen LogP contribution is 2.74. The summed E-state index contributed by atoms with van der Waals surface area (Å²) in [6.45, 7) is 18.8. The van der Waals surface area contributed by atoms with Crippen LogP contribution in [0, 0.1) is 51.2 Å². The van der Waals surface area contributed by atoms with Crippen LogP contribution in [-0.4, -0.2) is 29.1 Å². The largest absolute Gasteiger partial charge is 0.432 e. The SMILES string of the molecule is C[C@@H]1C[C@@]2(OC(=O)[C@@H](C)[C@@H]2C)O[C@@H]2CC3=C(CC[C@@H]4C(C)(C)[C@H](O)CC[C@]34C)[C@]3(C)CC[C@@H]1[C@@]23C. The van der Waals surface area contributed by atoms with Gasteiger partial charge in [-0.05, 0) is 78.9 Å². The van der Waals surface area contributed by atoms with Crippen molar-refractivity contribution >= 4 is 5.97 Å². The van der Waals surface area contributed by atoms with Gasteiger partial charge in [0, 0.05) is 17.8 Å². The molecule has 0 aromatic rings. The smallest absolute Gasteiger partial charge is 0.311 e. The molecule has 6 rings (SSSR count). The number of fused-ring (bicyclic) bond motifs is 3. The van der Waals surface area contributed by atoms with E-state index in [0.29, 0.717) is 17.8 Å². The number of aliphatic hydroxyl groups is 1. The summed E-state index contributed by atoms with van der Waals surface area (Å²) in [7, 11) is 0. The number of hydrogen-bond donors (Lipinski definition) is 1. The molecule has 4 heteroatoms. The van der Waals surface area contributed by atoms with Gasteiger partial charge in [0.15, 0.2) is 0 Å². The van der Waals surface area contributed by atoms with E-state index in [2.05, 4.69) is 48.5 Å². The van der Waals surface area contributed by atoms with Crippen LogP contribution in [0.1, 0.15) is 107 Å². The molecule has 2 heterocycles. The summed E-state index contributed by atoms with van der Waals surface area (Å²) in [6.07, 6.45) is 8.40. The molecule has 11 atom stereocenters. The summed E-state index contributed by atoms with van der Waals surface area (Å²) in [4.78, 5) is 12.8. The van der Waals surface area contributed by atoms with Crippen LogP contribution in [0.15, 0.2) is 11.1 Å². The molecular weight excluding hydrogens is 436 g/mol. The monoisotopic (exact) mass is 484 g/mol. The van der Waals surface area contributed by atoms with Gasteiger partial charge in [0.2, 0.25) is 5.79 Å². The Balaban J connectivity index is 1.49. The van der Waals surface area contributed by atoms with Crippen LogP contribution < -0.4 is 0 Å². The van der Waals surface area contributed by atoms with Gasteiger partial charge in [-0.25, -0.2) is 0 Å². The average Bonchev–Trinajstić information content (AvgIpc) is 3.14. The Bertz CT molecular complexity index is 982. The first kappa shape index (κ1) is 24.5. The van der Waals surface area contributed by atoms with E-state index in [1.807, 2.05) is 6.92 Å². The number of carbonyl (C=O) groups is 1. The van der Waals surface area contributed by atoms with Crippen molar-refractivity contribution in [3.8, 4) is 0 Å². The molecule has 2 aliphatic heterocycles. The van der Waals surface area contributed by atoms with Crippen LogP contribution in [-0.2, 0) is 14.3 Å². The molecule has 0 aromatic carbocycles. The molecule has 4 aliphatic carbocycles. The molecule has 196 valence electrons. The fourth-order valence-electron chi connectivity index (χ4n) is 10.9. The lowest BCUT2D eigenvalue weighted by molar-refractivity contribution is -0.269. The Labute approximate surface area is 212 Å². The standard InChI is InChI=1S/C31H48O4/c1-17-16-31(19(3)18(2)26(33)35-31)34-25-15-22-21(29(7)14-11-20(17)30(25,29)8)9-10-23-27(4,5)24(32)12-13-28(22,23)6/h17-20,23-25,32H,9-16H2,1-8H3/t17-,18+,19+,20+,23-,24-,25-,28-,29+,30+,31+/m1/s1. The summed E-state index contributed by atoms with van der Waals surface area (Å²) in [5, 5.41) is 11.0. The third-order valence-electron chi connectivity index (χ3n) is 13.6. The van der Waals surface area contributed by atoms with Crippen LogP contribution in [0.4, 0.5) is 0 Å². The van der Waals surface area contributed by atoms with Crippen LogP contribution in [0.5, 0.6) is 0 Å². The van der Waals surface area contributed by atoms with Gasteiger partial charge in [-0.1, -0.05) is 66.5 Å². The van der Waals surface area contributed by atoms with Crippen LogP contribution in [0.2, 0.25) is 0 Å². The molecule has 2 saturated carbocycles. The molecule has 0 unspecified atom stereocenters. The van der Waals surface area contributed by atoms with Gasteiger partial charge in [0.1, 0.15) is 0 Å². The third-order valence-corrected chi connectivity index (χ3v) is 13.6. The highest BCUT2D eigenvalue weighted by molar-refractivity contribution is 5.75. The van der Waals surface area contributed by atoms with Crippen molar-refractivity contribution in [1.82, 2.24) is 0 Å². The van der Waals surface area contributed by atoms with Crippen LogP contribution in [0.25, 0.3) is 0 Å². The lowest BCUT2D eigenvalue weighted by Gasteiger charge is -2.63. The maximum atomic E-state index is 12.8. The number of esters is 1. The minimum atomic E-state index is -0.788. The van der Waals surface area contributed by atoms with E-state index in [1.54, 1.807) is 11.1 Å². The lowest BCUT2D eigenvalue weighted by atomic mass is 9.43. The van der Waals surface area contributed by atoms with Crippen molar-refractivity contribution < 1.29 is 19.4 Å². The quantitative estimate of drug-likeness (QED) is 0.309. The Morgan fingerprint density at radius 1 is 0.943 bits per heavy atom. The Hall–Kier alpha value is -0.870. The second-order valence-corrected chi connectivity index (χ2v) is 14.9. The van der Waals surface area contributed by atoms with E-state index in [-0.39, 0.29) is 51.7 Å². The molecule has 4 nitrogen and oxygen atoms in total. The summed E-state index contributed by atoms with van der Waals surface area (Å²) >= 11 is 0. The van der Waals surface area contributed by atoms with Gasteiger partial charge in [-0.3, -0.25) is 4.79 Å². The van der Waals surface area contributed by atoms with Crippen LogP contribution in [0.3, 0.4) is 0 Å². The predicted molar refractivity (Wildman–Crippen MR) is 136 cm³/mol. The fourth-order valence-corrected chi connectivity index (χ4v) is 10.9. The molecule has 1 N–H and O–H groups in total. The minimum Gasteiger partial charge on any atom is -0.432 e. The van der Waals surface area contributed by atoms with E-state index in [9.17, 15) is 9.90 Å². The molecule has 35 heavy (non-hydrogen) atoms. The molecule has 0 aromatic heterocycles. The number of ether oxygens (including phenoxy) is 2. The fraction of sp³-hybridized carbons (Fsp3) is 0.903. The first-order chi connectivity index (χ1) is 16.2. The molecule has 0 radical (unpaired) electrons. The molecule has 1 spiro atoms. The van der Waals surface area contributed by atoms with E-state index in [1.165, 1.54) is 25.7 Å². The normalized spacial score (nSPS) is 56.8. The first-order valence-electron chi connectivity index (χ1n) is 14.5. The maximum Gasteiger partial charge on any atom is 0.311 e. The zero-order chi connectivity index (χ0) is 25.3. The highest BCUT2D eigenvalue weighted by atomic mass is 16.7. The first-order valence-corrected chi connectivity index (χ1v) is 14.5. The molecular formula is C31H48O4. The Kier molecular flexibility index (Phi) is 5.00. The number of carbonyl (C=O) groups excluding carboxylic acids is 1. The third kappa shape index (κ3) is 2.75. The van der Waals surface area contributed by atoms with Crippen molar-refractivity contribution in [3.63, 3.8) is 0 Å². The number of hydrogen-bond acceptors (Lipinski definition) is 4. The number of aliphatic hydroxyl groups excluding tert-OH is 1. The van der Waals surface area contributed by atoms with Crippen molar-refractivity contribution in [2.45, 2.75) is 125 Å². The summed E-state index contributed by atoms with van der Waals surface area (Å²) < 4.78 is 13.5. The zero-order valence-corrected chi connectivity index (χ0v) is 23.4. The summed E-state index contributed by atoms with van der Waals surface area (Å²) in [5.74, 6) is 0.616. The molecule has 6 aliphatic rings. The van der Waals surface area contributed by atoms with Crippen molar-refractivity contribution in [2.75, 3.05) is 0 Å². The summed E-state index contributed by atoms with van der Waals surface area (Å²) in [6, 6.07) is 0. The minimum absolute atomic E-state index is 0.0552. The lowest BCUT2D eigenvalue weighted by Crippen LogP contribution is -2.59. The van der Waals surface area contributed by atoms with E-state index in [0.717, 1.165) is 25.7 Å². The Morgan fingerprint density at radius 3 is 2.31 bits per heavy atom. The Morgan fingerprint density at radius 2 is 1.66 bits per heavy atom. The zero-order valence-electron chi connectivity index (χ0n) is 23.4. The van der Waals surface area contributed by atoms with Gasteiger partial charge in [-0.15, -0.1) is 0 Å². The van der Waals surface area contributed by atoms with Crippen molar-refractivity contribution in [2.24, 2.45) is 51.2 Å². The maximum absolute atomic E-state index is 12.8. The van der Waals surface area contributed by atoms with Gasteiger partial charge in [0.05, 0.1) is 18.1 Å². The average molecular weight is 485 g/mol. The van der Waals surface area contributed by atoms with Gasteiger partial charge in [0.25, 0.3) is 0 Å². The second kappa shape index (κ2) is 7.16. The van der Waals surface area contributed by atoms with Gasteiger partial charge < -0.3 is 14.6 Å². The number of rotatable bonds is 0. The van der Waals surface area contributed by atoms with E-state index in [4.69, 9.17) is 9.47 Å². The molecule has 0 bridgehead atoms. The van der Waals surface area contributed by atoms with Crippen molar-refractivity contribution in [3.05, 3.63) is 11.1 Å². The van der Waals surface area contributed by atoms with Gasteiger partial charge in [-0.2, -0.15) is 0 Å². The van der Waals surface area contributed by atoms with Crippen LogP contribution >= 0.6 is 0 Å². The molecule has 0 amide bonds. The second-order valence-electron chi connectivity index (χ2n) is 14.9. The van der Waals surface area contributed by atoms with Gasteiger partial charge >= 0.3 is 5.97 Å². The predicted octanol–water partition coefficient (Wildman–Crippen LogP) is 6.66. The molecule has 2 saturated heterocycles. The molecule has 4 fully saturated rings. The topological polar surface area (TPSA) is 55.8 Å². The van der Waals surface area contributed by atoms with E-state index >= 15 is 0 Å². The van der Waals surface area contributed by atoms with Crippen molar-refractivity contribution in [1.29, 1.82) is 0 Å².